The van der Waals surface area contributed by atoms with Crippen LogP contribution in [0.5, 0.6) is 0 Å². The Bertz CT molecular complexity index is 763. The Morgan fingerprint density at radius 1 is 1.25 bits per heavy atom. The third-order valence-electron chi connectivity index (χ3n) is 4.20. The molecule has 0 saturated heterocycles. The third-order valence-corrected chi connectivity index (χ3v) is 4.20. The van der Waals surface area contributed by atoms with Crippen LogP contribution in [0.4, 0.5) is 0 Å². The van der Waals surface area contributed by atoms with Crippen LogP contribution in [0.15, 0.2) is 41.6 Å². The lowest BCUT2D eigenvalue weighted by Gasteiger charge is -2.12. The fourth-order valence-corrected chi connectivity index (χ4v) is 2.85. The molecule has 6 heteroatoms. The van der Waals surface area contributed by atoms with E-state index in [1.165, 1.54) is 10.9 Å². The molecule has 0 unspecified atom stereocenters. The molecule has 0 saturated carbocycles. The minimum Gasteiger partial charge on any atom is -0.356 e. The van der Waals surface area contributed by atoms with Gasteiger partial charge in [0.25, 0.3) is 0 Å². The van der Waals surface area contributed by atoms with Crippen LogP contribution in [0.1, 0.15) is 32.1 Å². The predicted molar refractivity (Wildman–Crippen MR) is 93.6 cm³/mol. The van der Waals surface area contributed by atoms with Crippen molar-refractivity contribution in [3.8, 4) is 0 Å². The fraction of sp³-hybridized carbons (Fsp3) is 0.389. The molecule has 24 heavy (non-hydrogen) atoms. The Balaban J connectivity index is 1.36. The van der Waals surface area contributed by atoms with Gasteiger partial charge in [0.05, 0.1) is 0 Å². The van der Waals surface area contributed by atoms with Gasteiger partial charge in [-0.2, -0.15) is 5.10 Å². The summed E-state index contributed by atoms with van der Waals surface area (Å²) in [4.78, 5) is 22.9. The van der Waals surface area contributed by atoms with Crippen LogP contribution >= 0.6 is 0 Å². The van der Waals surface area contributed by atoms with Gasteiger partial charge in [-0.25, -0.2) is 5.43 Å². The number of aromatic nitrogens is 1. The standard InChI is InChI=1S/C18H22N4O2/c23-17(8-6-15-7-9-18(24)21-20-15)19-11-3-12-22-13-10-14-4-1-2-5-16(14)22/h1-2,4-5,10,13H,3,6-9,11-12H2,(H,19,23)(H,21,24). The Morgan fingerprint density at radius 3 is 2.96 bits per heavy atom. The number of hydrogen-bond acceptors (Lipinski definition) is 3. The maximum absolute atomic E-state index is 11.9. The summed E-state index contributed by atoms with van der Waals surface area (Å²) >= 11 is 0. The quantitative estimate of drug-likeness (QED) is 0.765. The van der Waals surface area contributed by atoms with E-state index in [1.807, 2.05) is 12.1 Å². The molecular weight excluding hydrogens is 304 g/mol. The van der Waals surface area contributed by atoms with Crippen LogP contribution in [-0.2, 0) is 16.1 Å². The molecule has 1 aliphatic rings. The van der Waals surface area contributed by atoms with Crippen molar-refractivity contribution in [2.45, 2.75) is 38.6 Å². The van der Waals surface area contributed by atoms with Crippen LogP contribution in [0, 0.1) is 0 Å². The van der Waals surface area contributed by atoms with Gasteiger partial charge in [0, 0.05) is 43.4 Å². The van der Waals surface area contributed by atoms with Gasteiger partial charge in [-0.05, 0) is 36.8 Å². The Morgan fingerprint density at radius 2 is 2.12 bits per heavy atom. The summed E-state index contributed by atoms with van der Waals surface area (Å²) in [6.45, 7) is 1.54. The highest BCUT2D eigenvalue weighted by atomic mass is 16.2. The largest absolute Gasteiger partial charge is 0.356 e. The monoisotopic (exact) mass is 326 g/mol. The smallest absolute Gasteiger partial charge is 0.240 e. The van der Waals surface area contributed by atoms with E-state index >= 15 is 0 Å². The second kappa shape index (κ2) is 7.77. The summed E-state index contributed by atoms with van der Waals surface area (Å²) in [6.07, 6.45) is 5.12. The first-order valence-corrected chi connectivity index (χ1v) is 8.37. The zero-order valence-electron chi connectivity index (χ0n) is 13.6. The molecule has 0 fully saturated rings. The maximum atomic E-state index is 11.9. The van der Waals surface area contributed by atoms with E-state index in [-0.39, 0.29) is 11.8 Å². The lowest BCUT2D eigenvalue weighted by Crippen LogP contribution is -2.28. The Kier molecular flexibility index (Phi) is 5.25. The van der Waals surface area contributed by atoms with Gasteiger partial charge < -0.3 is 9.88 Å². The summed E-state index contributed by atoms with van der Waals surface area (Å²) in [5.41, 5.74) is 4.57. The first-order valence-electron chi connectivity index (χ1n) is 8.37. The third kappa shape index (κ3) is 4.22. The van der Waals surface area contributed by atoms with Crippen molar-refractivity contribution >= 4 is 28.4 Å². The van der Waals surface area contributed by atoms with E-state index in [1.54, 1.807) is 0 Å². The SMILES string of the molecule is O=C(CCC1=NNC(=O)CC1)NCCCn1ccc2ccccc21. The van der Waals surface area contributed by atoms with Gasteiger partial charge in [0.1, 0.15) is 0 Å². The number of para-hydroxylation sites is 1. The minimum absolute atomic E-state index is 0.0342. The first kappa shape index (κ1) is 16.2. The molecule has 1 aliphatic heterocycles. The number of benzene rings is 1. The number of nitrogens with zero attached hydrogens (tertiary/aromatic N) is 2. The zero-order valence-corrected chi connectivity index (χ0v) is 13.6. The van der Waals surface area contributed by atoms with Crippen molar-refractivity contribution in [3.63, 3.8) is 0 Å². The zero-order chi connectivity index (χ0) is 16.8. The number of nitrogens with one attached hydrogen (secondary N) is 2. The first-order chi connectivity index (χ1) is 11.7. The highest BCUT2D eigenvalue weighted by Gasteiger charge is 2.12. The second-order valence-electron chi connectivity index (χ2n) is 5.98. The molecule has 2 N–H and O–H groups in total. The van der Waals surface area contributed by atoms with Gasteiger partial charge >= 0.3 is 0 Å². The highest BCUT2D eigenvalue weighted by molar-refractivity contribution is 5.94. The van der Waals surface area contributed by atoms with Crippen LogP contribution in [0.25, 0.3) is 10.9 Å². The van der Waals surface area contributed by atoms with Crippen molar-refractivity contribution in [2.75, 3.05) is 6.54 Å². The Labute approximate surface area is 140 Å². The summed E-state index contributed by atoms with van der Waals surface area (Å²) < 4.78 is 2.21. The molecule has 2 amide bonds. The van der Waals surface area contributed by atoms with Crippen molar-refractivity contribution < 1.29 is 9.59 Å². The lowest BCUT2D eigenvalue weighted by atomic mass is 10.1. The molecule has 0 bridgehead atoms. The topological polar surface area (TPSA) is 75.5 Å². The van der Waals surface area contributed by atoms with E-state index in [9.17, 15) is 9.59 Å². The summed E-state index contributed by atoms with van der Waals surface area (Å²) in [5.74, 6) is -0.0206. The van der Waals surface area contributed by atoms with Crippen LogP contribution in [0.2, 0.25) is 0 Å². The number of fused-ring (bicyclic) bond motifs is 1. The van der Waals surface area contributed by atoms with Crippen LogP contribution in [-0.4, -0.2) is 28.6 Å². The molecule has 126 valence electrons. The molecule has 0 atom stereocenters. The van der Waals surface area contributed by atoms with E-state index in [0.29, 0.717) is 32.2 Å². The molecule has 0 radical (unpaired) electrons. The summed E-state index contributed by atoms with van der Waals surface area (Å²) in [5, 5.41) is 8.16. The molecule has 0 aliphatic carbocycles. The van der Waals surface area contributed by atoms with E-state index < -0.39 is 0 Å². The number of amides is 2. The minimum atomic E-state index is -0.0549. The summed E-state index contributed by atoms with van der Waals surface area (Å²) in [6, 6.07) is 10.4. The molecule has 6 nitrogen and oxygen atoms in total. The van der Waals surface area contributed by atoms with Crippen LogP contribution in [0.3, 0.4) is 0 Å². The molecule has 3 rings (SSSR count). The maximum Gasteiger partial charge on any atom is 0.240 e. The van der Waals surface area contributed by atoms with Gasteiger partial charge in [-0.1, -0.05) is 18.2 Å². The van der Waals surface area contributed by atoms with Crippen molar-refractivity contribution in [1.29, 1.82) is 0 Å². The van der Waals surface area contributed by atoms with Gasteiger partial charge in [-0.3, -0.25) is 9.59 Å². The normalized spacial score (nSPS) is 14.3. The van der Waals surface area contributed by atoms with E-state index in [4.69, 9.17) is 0 Å². The molecule has 0 spiro atoms. The number of hydrogen-bond donors (Lipinski definition) is 2. The second-order valence-corrected chi connectivity index (χ2v) is 5.98. The van der Waals surface area contributed by atoms with E-state index in [0.717, 1.165) is 18.7 Å². The average molecular weight is 326 g/mol. The fourth-order valence-electron chi connectivity index (χ4n) is 2.85. The van der Waals surface area contributed by atoms with Gasteiger partial charge in [0.15, 0.2) is 0 Å². The Hall–Kier alpha value is -2.63. The molecule has 2 aromatic rings. The van der Waals surface area contributed by atoms with Gasteiger partial charge in [-0.15, -0.1) is 0 Å². The van der Waals surface area contributed by atoms with Gasteiger partial charge in [0.2, 0.25) is 11.8 Å². The number of hydrazone groups is 1. The summed E-state index contributed by atoms with van der Waals surface area (Å²) in [7, 11) is 0. The van der Waals surface area contributed by atoms with Crippen molar-refractivity contribution in [1.82, 2.24) is 15.3 Å². The van der Waals surface area contributed by atoms with Crippen LogP contribution < -0.4 is 10.7 Å². The number of carbonyl (C=O) groups is 2. The predicted octanol–water partition coefficient (Wildman–Crippen LogP) is 2.19. The molecule has 1 aromatic carbocycles. The lowest BCUT2D eigenvalue weighted by molar-refractivity contribution is -0.121. The molecule has 1 aromatic heterocycles. The van der Waals surface area contributed by atoms with Crippen molar-refractivity contribution in [3.05, 3.63) is 36.5 Å². The number of carbonyl (C=O) groups excluding carboxylic acids is 2. The molecular formula is C18H22N4O2. The average Bonchev–Trinajstić information content (AvgIpc) is 3.01. The van der Waals surface area contributed by atoms with E-state index in [2.05, 4.69) is 44.8 Å². The highest BCUT2D eigenvalue weighted by Crippen LogP contribution is 2.15. The molecule has 2 heterocycles. The number of aryl methyl sites for hydroxylation is 1. The number of rotatable bonds is 7. The van der Waals surface area contributed by atoms with Crippen molar-refractivity contribution in [2.24, 2.45) is 5.10 Å².